The SMILES string of the molecule is CCN(C)Cc1c(C)cccc1OCCCN1CCOCC1. The molecule has 0 saturated carbocycles. The summed E-state index contributed by atoms with van der Waals surface area (Å²) in [5.41, 5.74) is 2.63. The van der Waals surface area contributed by atoms with Crippen molar-refractivity contribution in [3.05, 3.63) is 29.3 Å². The third-order valence-electron chi connectivity index (χ3n) is 4.32. The van der Waals surface area contributed by atoms with Gasteiger partial charge in [-0.25, -0.2) is 0 Å². The van der Waals surface area contributed by atoms with Crippen LogP contribution in [0.3, 0.4) is 0 Å². The van der Waals surface area contributed by atoms with Gasteiger partial charge in [0, 0.05) is 31.7 Å². The zero-order valence-electron chi connectivity index (χ0n) is 14.3. The molecule has 4 nitrogen and oxygen atoms in total. The summed E-state index contributed by atoms with van der Waals surface area (Å²) in [5.74, 6) is 1.04. The molecule has 124 valence electrons. The van der Waals surface area contributed by atoms with Crippen LogP contribution in [0, 0.1) is 6.92 Å². The third kappa shape index (κ3) is 5.27. The molecule has 4 heteroatoms. The summed E-state index contributed by atoms with van der Waals surface area (Å²) < 4.78 is 11.4. The van der Waals surface area contributed by atoms with Gasteiger partial charge in [-0.05, 0) is 38.6 Å². The average molecular weight is 306 g/mol. The van der Waals surface area contributed by atoms with Crippen molar-refractivity contribution in [1.82, 2.24) is 9.80 Å². The molecule has 1 aliphatic heterocycles. The molecular weight excluding hydrogens is 276 g/mol. The molecule has 1 aromatic carbocycles. The molecule has 0 radical (unpaired) electrons. The molecule has 1 fully saturated rings. The van der Waals surface area contributed by atoms with E-state index in [0.29, 0.717) is 0 Å². The minimum absolute atomic E-state index is 0.781. The summed E-state index contributed by atoms with van der Waals surface area (Å²) in [7, 11) is 2.15. The quantitative estimate of drug-likeness (QED) is 0.689. The van der Waals surface area contributed by atoms with E-state index in [4.69, 9.17) is 9.47 Å². The molecule has 0 N–H and O–H groups in total. The standard InChI is InChI=1S/C18H30N2O2/c1-4-19(3)15-17-16(2)7-5-8-18(17)22-12-6-9-20-10-13-21-14-11-20/h5,7-8H,4,6,9-15H2,1-3H3. The predicted octanol–water partition coefficient (Wildman–Crippen LogP) is 2.55. The zero-order valence-corrected chi connectivity index (χ0v) is 14.3. The molecule has 0 spiro atoms. The first-order valence-corrected chi connectivity index (χ1v) is 8.40. The van der Waals surface area contributed by atoms with Gasteiger partial charge in [-0.2, -0.15) is 0 Å². The number of nitrogens with zero attached hydrogens (tertiary/aromatic N) is 2. The molecular formula is C18H30N2O2. The Labute approximate surface area is 135 Å². The highest BCUT2D eigenvalue weighted by molar-refractivity contribution is 5.39. The number of hydrogen-bond acceptors (Lipinski definition) is 4. The molecule has 0 aliphatic carbocycles. The average Bonchev–Trinajstić information content (AvgIpc) is 2.55. The maximum absolute atomic E-state index is 6.07. The van der Waals surface area contributed by atoms with Gasteiger partial charge in [0.25, 0.3) is 0 Å². The van der Waals surface area contributed by atoms with Gasteiger partial charge in [-0.15, -0.1) is 0 Å². The Morgan fingerprint density at radius 2 is 2.05 bits per heavy atom. The molecule has 0 bridgehead atoms. The van der Waals surface area contributed by atoms with Crippen LogP contribution in [0.4, 0.5) is 0 Å². The second-order valence-corrected chi connectivity index (χ2v) is 6.04. The molecule has 1 aliphatic rings. The molecule has 1 saturated heterocycles. The van der Waals surface area contributed by atoms with Gasteiger partial charge in [-0.3, -0.25) is 4.90 Å². The van der Waals surface area contributed by atoms with Crippen molar-refractivity contribution in [2.75, 3.05) is 53.0 Å². The van der Waals surface area contributed by atoms with E-state index in [0.717, 1.165) is 64.7 Å². The van der Waals surface area contributed by atoms with Gasteiger partial charge < -0.3 is 14.4 Å². The zero-order chi connectivity index (χ0) is 15.8. The maximum Gasteiger partial charge on any atom is 0.124 e. The molecule has 1 aromatic rings. The van der Waals surface area contributed by atoms with E-state index in [1.165, 1.54) is 11.1 Å². The van der Waals surface area contributed by atoms with E-state index in [2.05, 4.69) is 48.9 Å². The van der Waals surface area contributed by atoms with E-state index < -0.39 is 0 Å². The number of morpholine rings is 1. The molecule has 2 rings (SSSR count). The summed E-state index contributed by atoms with van der Waals surface area (Å²) in [4.78, 5) is 4.76. The molecule has 0 amide bonds. The first-order chi connectivity index (χ1) is 10.7. The normalized spacial score (nSPS) is 16.2. The number of hydrogen-bond donors (Lipinski definition) is 0. The lowest BCUT2D eigenvalue weighted by Gasteiger charge is -2.26. The van der Waals surface area contributed by atoms with Crippen molar-refractivity contribution >= 4 is 0 Å². The molecule has 0 unspecified atom stereocenters. The first kappa shape index (κ1) is 17.3. The topological polar surface area (TPSA) is 24.9 Å². The highest BCUT2D eigenvalue weighted by atomic mass is 16.5. The second kappa shape index (κ2) is 9.13. The number of benzene rings is 1. The van der Waals surface area contributed by atoms with Crippen LogP contribution in [0.25, 0.3) is 0 Å². The van der Waals surface area contributed by atoms with Crippen LogP contribution in [0.2, 0.25) is 0 Å². The summed E-state index contributed by atoms with van der Waals surface area (Å²) in [6.45, 7) is 12.1. The Bertz CT molecular complexity index is 445. The van der Waals surface area contributed by atoms with Gasteiger partial charge in [0.1, 0.15) is 5.75 Å². The van der Waals surface area contributed by atoms with Crippen LogP contribution >= 0.6 is 0 Å². The summed E-state index contributed by atoms with van der Waals surface area (Å²) >= 11 is 0. The molecule has 0 atom stereocenters. The van der Waals surface area contributed by atoms with Crippen molar-refractivity contribution in [3.63, 3.8) is 0 Å². The van der Waals surface area contributed by atoms with E-state index in [1.807, 2.05) is 0 Å². The second-order valence-electron chi connectivity index (χ2n) is 6.04. The van der Waals surface area contributed by atoms with Crippen molar-refractivity contribution < 1.29 is 9.47 Å². The lowest BCUT2D eigenvalue weighted by molar-refractivity contribution is 0.0357. The monoisotopic (exact) mass is 306 g/mol. The van der Waals surface area contributed by atoms with Crippen LogP contribution in [0.5, 0.6) is 5.75 Å². The van der Waals surface area contributed by atoms with E-state index in [-0.39, 0.29) is 0 Å². The van der Waals surface area contributed by atoms with Gasteiger partial charge in [0.05, 0.1) is 19.8 Å². The Kier molecular flexibility index (Phi) is 7.16. The van der Waals surface area contributed by atoms with Crippen molar-refractivity contribution in [2.24, 2.45) is 0 Å². The van der Waals surface area contributed by atoms with E-state index >= 15 is 0 Å². The number of ether oxygens (including phenoxy) is 2. The Hall–Kier alpha value is -1.10. The lowest BCUT2D eigenvalue weighted by atomic mass is 10.1. The van der Waals surface area contributed by atoms with Crippen LogP contribution in [-0.2, 0) is 11.3 Å². The van der Waals surface area contributed by atoms with Crippen LogP contribution in [-0.4, -0.2) is 62.8 Å². The fraction of sp³-hybridized carbons (Fsp3) is 0.667. The third-order valence-corrected chi connectivity index (χ3v) is 4.32. The lowest BCUT2D eigenvalue weighted by Crippen LogP contribution is -2.37. The number of rotatable bonds is 8. The number of aryl methyl sites for hydroxylation is 1. The minimum atomic E-state index is 0.781. The molecule has 1 heterocycles. The summed E-state index contributed by atoms with van der Waals surface area (Å²) in [6, 6.07) is 6.35. The van der Waals surface area contributed by atoms with Crippen LogP contribution in [0.1, 0.15) is 24.5 Å². The Balaban J connectivity index is 1.82. The Morgan fingerprint density at radius 1 is 1.27 bits per heavy atom. The van der Waals surface area contributed by atoms with E-state index in [1.54, 1.807) is 0 Å². The first-order valence-electron chi connectivity index (χ1n) is 8.40. The van der Waals surface area contributed by atoms with Gasteiger partial charge in [-0.1, -0.05) is 19.1 Å². The maximum atomic E-state index is 6.07. The van der Waals surface area contributed by atoms with Gasteiger partial charge in [0.2, 0.25) is 0 Å². The largest absolute Gasteiger partial charge is 0.493 e. The Morgan fingerprint density at radius 3 is 2.77 bits per heavy atom. The van der Waals surface area contributed by atoms with Gasteiger partial charge >= 0.3 is 0 Å². The van der Waals surface area contributed by atoms with Crippen molar-refractivity contribution in [3.8, 4) is 5.75 Å². The van der Waals surface area contributed by atoms with Crippen LogP contribution in [0.15, 0.2) is 18.2 Å². The van der Waals surface area contributed by atoms with Crippen molar-refractivity contribution in [2.45, 2.75) is 26.8 Å². The van der Waals surface area contributed by atoms with Crippen molar-refractivity contribution in [1.29, 1.82) is 0 Å². The summed E-state index contributed by atoms with van der Waals surface area (Å²) in [6.07, 6.45) is 1.07. The predicted molar refractivity (Wildman–Crippen MR) is 90.6 cm³/mol. The fourth-order valence-electron chi connectivity index (χ4n) is 2.69. The highest BCUT2D eigenvalue weighted by Gasteiger charge is 2.11. The molecule has 22 heavy (non-hydrogen) atoms. The highest BCUT2D eigenvalue weighted by Crippen LogP contribution is 2.23. The summed E-state index contributed by atoms with van der Waals surface area (Å²) in [5, 5.41) is 0. The fourth-order valence-corrected chi connectivity index (χ4v) is 2.69. The van der Waals surface area contributed by atoms with E-state index in [9.17, 15) is 0 Å². The molecule has 0 aromatic heterocycles. The minimum Gasteiger partial charge on any atom is -0.493 e. The smallest absolute Gasteiger partial charge is 0.124 e. The van der Waals surface area contributed by atoms with Gasteiger partial charge in [0.15, 0.2) is 0 Å². The van der Waals surface area contributed by atoms with Crippen LogP contribution < -0.4 is 4.74 Å².